The molecule has 2 nitrogen and oxygen atoms in total. The van der Waals surface area contributed by atoms with Crippen LogP contribution >= 0.6 is 0 Å². The molecule has 0 amide bonds. The van der Waals surface area contributed by atoms with Gasteiger partial charge in [0.15, 0.2) is 5.58 Å². The molecule has 0 aliphatic heterocycles. The van der Waals surface area contributed by atoms with Crippen molar-refractivity contribution in [1.82, 2.24) is 0 Å². The highest BCUT2D eigenvalue weighted by molar-refractivity contribution is 6.11. The third-order valence-corrected chi connectivity index (χ3v) is 17.0. The SMILES string of the molecule is CC1(C)c2cc(N(c3ccc4c(c3)C(C)(C)c3cc5c(cc3-4)C(C)(C)c3ccc4ccccc4c3-5)c3cccc4c3oc3ccccc34)ccc2-c2cc3c(cc21)-c1c(ccc2ccccc12)C3. The lowest BCUT2D eigenvalue weighted by atomic mass is 9.79. The average Bonchev–Trinajstić information content (AvgIpc) is 4.10. The van der Waals surface area contributed by atoms with Crippen molar-refractivity contribution in [3.05, 3.63) is 220 Å². The van der Waals surface area contributed by atoms with Gasteiger partial charge in [0.25, 0.3) is 0 Å². The average molecular weight is 872 g/mol. The van der Waals surface area contributed by atoms with Crippen molar-refractivity contribution in [2.45, 2.75) is 64.2 Å². The van der Waals surface area contributed by atoms with E-state index >= 15 is 0 Å². The topological polar surface area (TPSA) is 16.4 Å². The van der Waals surface area contributed by atoms with Crippen LogP contribution in [0.3, 0.4) is 0 Å². The van der Waals surface area contributed by atoms with Crippen LogP contribution in [0.15, 0.2) is 180 Å². The molecule has 4 aliphatic carbocycles. The lowest BCUT2D eigenvalue weighted by Gasteiger charge is -2.29. The molecule has 0 saturated carbocycles. The largest absolute Gasteiger partial charge is 0.454 e. The highest BCUT2D eigenvalue weighted by Gasteiger charge is 2.43. The van der Waals surface area contributed by atoms with Gasteiger partial charge in [-0.2, -0.15) is 0 Å². The number of hydrogen-bond donors (Lipinski definition) is 0. The molecule has 68 heavy (non-hydrogen) atoms. The van der Waals surface area contributed by atoms with E-state index in [2.05, 4.69) is 222 Å². The third kappa shape index (κ3) is 4.82. The highest BCUT2D eigenvalue weighted by atomic mass is 16.3. The van der Waals surface area contributed by atoms with Crippen LogP contribution in [0.25, 0.3) is 88.0 Å². The summed E-state index contributed by atoms with van der Waals surface area (Å²) in [5, 5.41) is 7.54. The van der Waals surface area contributed by atoms with Crippen LogP contribution in [-0.2, 0) is 22.7 Å². The molecule has 0 saturated heterocycles. The summed E-state index contributed by atoms with van der Waals surface area (Å²) in [6.07, 6.45) is 0.967. The molecule has 0 bridgehead atoms. The fraction of sp³-hybridized carbons (Fsp3) is 0.152. The van der Waals surface area contributed by atoms with E-state index in [-0.39, 0.29) is 16.2 Å². The van der Waals surface area contributed by atoms with Crippen molar-refractivity contribution in [3.8, 4) is 44.5 Å². The standard InChI is InChI=1S/C66H49NO/c1-64(2)53-29-24-38-15-8-10-17-44(38)62(53)52-36-57-51(35-58(52)64)46-28-26-42(33-55(46)66(57,5)6)67(59-20-13-19-48-47-18-11-12-21-60(47)68-63(48)59)41-25-27-45-50-31-40-30-39-23-22-37-14-7-9-16-43(37)61(39)49(40)34-56(50)65(3,4)54(45)32-41/h7-29,31-36H,30H2,1-6H3. The molecule has 2 heteroatoms. The number of nitrogens with zero attached hydrogens (tertiary/aromatic N) is 1. The van der Waals surface area contributed by atoms with E-state index in [1.54, 1.807) is 0 Å². The molecule has 10 aromatic carbocycles. The molecule has 0 fully saturated rings. The molecule has 1 aromatic heterocycles. The minimum Gasteiger partial charge on any atom is -0.454 e. The molecule has 0 spiro atoms. The summed E-state index contributed by atoms with van der Waals surface area (Å²) in [5.41, 5.74) is 26.6. The minimum absolute atomic E-state index is 0.112. The van der Waals surface area contributed by atoms with E-state index in [0.717, 1.165) is 45.4 Å². The number of benzene rings is 10. The van der Waals surface area contributed by atoms with Gasteiger partial charge in [-0.15, -0.1) is 0 Å². The first kappa shape index (κ1) is 38.4. The van der Waals surface area contributed by atoms with Gasteiger partial charge in [0.1, 0.15) is 5.58 Å². The Bertz CT molecular complexity index is 4100. The second kappa shape index (κ2) is 12.8. The molecule has 11 aromatic rings. The Balaban J connectivity index is 0.904. The van der Waals surface area contributed by atoms with E-state index < -0.39 is 0 Å². The van der Waals surface area contributed by atoms with Gasteiger partial charge in [-0.25, -0.2) is 0 Å². The quantitative estimate of drug-likeness (QED) is 0.176. The van der Waals surface area contributed by atoms with E-state index in [1.165, 1.54) is 111 Å². The van der Waals surface area contributed by atoms with Crippen LogP contribution < -0.4 is 4.90 Å². The Labute approximate surface area is 397 Å². The van der Waals surface area contributed by atoms with Gasteiger partial charge in [-0.1, -0.05) is 157 Å². The number of hydrogen-bond acceptors (Lipinski definition) is 2. The molecule has 15 rings (SSSR count). The zero-order chi connectivity index (χ0) is 45.6. The number of fused-ring (bicyclic) bond motifs is 19. The Morgan fingerprint density at radius 3 is 1.60 bits per heavy atom. The molecule has 4 aliphatic rings. The van der Waals surface area contributed by atoms with E-state index in [1.807, 2.05) is 0 Å². The smallest absolute Gasteiger partial charge is 0.159 e. The Morgan fingerprint density at radius 2 is 0.897 bits per heavy atom. The molecule has 1 heterocycles. The van der Waals surface area contributed by atoms with Gasteiger partial charge >= 0.3 is 0 Å². The van der Waals surface area contributed by atoms with Gasteiger partial charge < -0.3 is 9.32 Å². The van der Waals surface area contributed by atoms with Crippen LogP contribution in [0, 0.1) is 0 Å². The summed E-state index contributed by atoms with van der Waals surface area (Å²) in [6.45, 7) is 14.5. The fourth-order valence-electron chi connectivity index (χ4n) is 13.5. The first-order valence-corrected chi connectivity index (χ1v) is 24.4. The number of furan rings is 1. The zero-order valence-electron chi connectivity index (χ0n) is 39.3. The van der Waals surface area contributed by atoms with Gasteiger partial charge in [0, 0.05) is 38.4 Å². The minimum atomic E-state index is -0.240. The lowest BCUT2D eigenvalue weighted by Crippen LogP contribution is -2.18. The lowest BCUT2D eigenvalue weighted by molar-refractivity contribution is 0.652. The summed E-state index contributed by atoms with van der Waals surface area (Å²) in [7, 11) is 0. The van der Waals surface area contributed by atoms with Crippen LogP contribution in [0.5, 0.6) is 0 Å². The number of anilines is 3. The van der Waals surface area contributed by atoms with Crippen molar-refractivity contribution in [2.24, 2.45) is 0 Å². The normalized spacial score (nSPS) is 15.8. The molecule has 324 valence electrons. The summed E-state index contributed by atoms with van der Waals surface area (Å²) in [6, 6.07) is 66.8. The second-order valence-electron chi connectivity index (χ2n) is 21.6. The van der Waals surface area contributed by atoms with Gasteiger partial charge in [-0.3, -0.25) is 0 Å². The van der Waals surface area contributed by atoms with E-state index in [0.29, 0.717) is 0 Å². The van der Waals surface area contributed by atoms with Crippen LogP contribution in [-0.4, -0.2) is 0 Å². The first-order chi connectivity index (χ1) is 33.0. The second-order valence-corrected chi connectivity index (χ2v) is 21.6. The van der Waals surface area contributed by atoms with E-state index in [4.69, 9.17) is 4.42 Å². The molecular formula is C66H49NO. The molecule has 0 N–H and O–H groups in total. The van der Waals surface area contributed by atoms with Gasteiger partial charge in [0.05, 0.1) is 5.69 Å². The van der Waals surface area contributed by atoms with Crippen molar-refractivity contribution in [2.75, 3.05) is 4.90 Å². The highest BCUT2D eigenvalue weighted by Crippen LogP contribution is 2.59. The van der Waals surface area contributed by atoms with Crippen molar-refractivity contribution in [1.29, 1.82) is 0 Å². The predicted octanol–water partition coefficient (Wildman–Crippen LogP) is 17.9. The van der Waals surface area contributed by atoms with Gasteiger partial charge in [-0.05, 0) is 178 Å². The van der Waals surface area contributed by atoms with Crippen LogP contribution in [0.4, 0.5) is 17.1 Å². The molecule has 0 unspecified atom stereocenters. The Morgan fingerprint density at radius 1 is 0.368 bits per heavy atom. The number of para-hydroxylation sites is 2. The molecular weight excluding hydrogens is 823 g/mol. The number of rotatable bonds is 3. The fourth-order valence-corrected chi connectivity index (χ4v) is 13.5. The van der Waals surface area contributed by atoms with Crippen molar-refractivity contribution in [3.63, 3.8) is 0 Å². The summed E-state index contributed by atoms with van der Waals surface area (Å²) >= 11 is 0. The summed E-state index contributed by atoms with van der Waals surface area (Å²) in [5.74, 6) is 0. The summed E-state index contributed by atoms with van der Waals surface area (Å²) < 4.78 is 6.86. The van der Waals surface area contributed by atoms with Gasteiger partial charge in [0.2, 0.25) is 0 Å². The first-order valence-electron chi connectivity index (χ1n) is 24.4. The van der Waals surface area contributed by atoms with Crippen molar-refractivity contribution < 1.29 is 4.42 Å². The van der Waals surface area contributed by atoms with Crippen molar-refractivity contribution >= 4 is 60.5 Å². The third-order valence-electron chi connectivity index (χ3n) is 17.0. The maximum absolute atomic E-state index is 6.86. The van der Waals surface area contributed by atoms with E-state index in [9.17, 15) is 0 Å². The Hall–Kier alpha value is -7.68. The Kier molecular flexibility index (Phi) is 7.26. The monoisotopic (exact) mass is 871 g/mol. The predicted molar refractivity (Wildman–Crippen MR) is 284 cm³/mol. The maximum Gasteiger partial charge on any atom is 0.159 e. The molecule has 0 atom stereocenters. The van der Waals surface area contributed by atoms with Crippen LogP contribution in [0.2, 0.25) is 0 Å². The molecule has 0 radical (unpaired) electrons. The summed E-state index contributed by atoms with van der Waals surface area (Å²) in [4.78, 5) is 2.47. The maximum atomic E-state index is 6.86. The zero-order valence-corrected chi connectivity index (χ0v) is 39.3. The van der Waals surface area contributed by atoms with Crippen LogP contribution in [0.1, 0.15) is 86.1 Å².